The van der Waals surface area contributed by atoms with E-state index >= 15 is 0 Å². The fourth-order valence-corrected chi connectivity index (χ4v) is 3.80. The fraction of sp³-hybridized carbons (Fsp3) is 0.381. The molecule has 2 aromatic carbocycles. The third-order valence-electron chi connectivity index (χ3n) is 4.38. The van der Waals surface area contributed by atoms with Crippen LogP contribution in [0.1, 0.15) is 18.1 Å². The van der Waals surface area contributed by atoms with Gasteiger partial charge in [-0.05, 0) is 37.1 Å². The molecule has 1 unspecified atom stereocenters. The summed E-state index contributed by atoms with van der Waals surface area (Å²) in [7, 11) is 1.21. The number of benzene rings is 2. The van der Waals surface area contributed by atoms with Crippen LogP contribution in [0.3, 0.4) is 0 Å². The predicted molar refractivity (Wildman–Crippen MR) is 132 cm³/mol. The van der Waals surface area contributed by atoms with E-state index in [-0.39, 0.29) is 35.0 Å². The van der Waals surface area contributed by atoms with E-state index in [9.17, 15) is 8.42 Å². The number of nitrogens with zero attached hydrogens (tertiary/aromatic N) is 2. The van der Waals surface area contributed by atoms with Crippen molar-refractivity contribution in [3.63, 3.8) is 0 Å². The zero-order valence-electron chi connectivity index (χ0n) is 18.0. The molecule has 0 fully saturated rings. The number of halogens is 1. The summed E-state index contributed by atoms with van der Waals surface area (Å²) in [5.74, 6) is 1.43. The second kappa shape index (κ2) is 12.1. The minimum atomic E-state index is -3.51. The summed E-state index contributed by atoms with van der Waals surface area (Å²) in [6.45, 7) is 4.86. The van der Waals surface area contributed by atoms with Crippen LogP contribution in [0.5, 0.6) is 5.75 Å². The number of nitrogens with one attached hydrogen (secondary N) is 2. The normalized spacial score (nSPS) is 12.8. The highest BCUT2D eigenvalue weighted by molar-refractivity contribution is 14.0. The van der Waals surface area contributed by atoms with Crippen molar-refractivity contribution in [2.24, 2.45) is 4.99 Å². The van der Waals surface area contributed by atoms with Gasteiger partial charge < -0.3 is 15.4 Å². The van der Waals surface area contributed by atoms with Gasteiger partial charge in [0.25, 0.3) is 0 Å². The number of sulfonamides is 1. The first-order valence-electron chi connectivity index (χ1n) is 9.43. The molecule has 30 heavy (non-hydrogen) atoms. The zero-order chi connectivity index (χ0) is 21.4. The molecule has 0 spiro atoms. The summed E-state index contributed by atoms with van der Waals surface area (Å²) < 4.78 is 32.2. The van der Waals surface area contributed by atoms with E-state index < -0.39 is 10.0 Å². The van der Waals surface area contributed by atoms with Gasteiger partial charge in [0.15, 0.2) is 5.96 Å². The Hall–Kier alpha value is -1.85. The Bertz CT molecular complexity index is 949. The van der Waals surface area contributed by atoms with Crippen molar-refractivity contribution in [1.29, 1.82) is 0 Å². The van der Waals surface area contributed by atoms with Gasteiger partial charge in [0.2, 0.25) is 10.0 Å². The Kier molecular flexibility index (Phi) is 10.6. The molecule has 0 aromatic heterocycles. The summed E-state index contributed by atoms with van der Waals surface area (Å²) in [4.78, 5) is 4.49. The first kappa shape index (κ1) is 26.2. The van der Waals surface area contributed by atoms with Crippen LogP contribution >= 0.6 is 24.0 Å². The molecule has 9 heteroatoms. The quantitative estimate of drug-likeness (QED) is 0.302. The van der Waals surface area contributed by atoms with Crippen LogP contribution in [-0.4, -0.2) is 52.5 Å². The summed E-state index contributed by atoms with van der Waals surface area (Å²) >= 11 is 0. The number of hydrogen-bond acceptors (Lipinski definition) is 4. The van der Waals surface area contributed by atoms with Gasteiger partial charge in [-0.2, -0.15) is 0 Å². The number of ether oxygens (including phenoxy) is 1. The van der Waals surface area contributed by atoms with E-state index in [0.29, 0.717) is 24.6 Å². The van der Waals surface area contributed by atoms with Crippen LogP contribution in [-0.2, 0) is 16.6 Å². The van der Waals surface area contributed by atoms with Crippen molar-refractivity contribution in [1.82, 2.24) is 14.9 Å². The Morgan fingerprint density at radius 1 is 1.10 bits per heavy atom. The second-order valence-electron chi connectivity index (χ2n) is 6.90. The van der Waals surface area contributed by atoms with Crippen LogP contribution in [0.2, 0.25) is 0 Å². The molecule has 0 aliphatic carbocycles. The number of rotatable bonds is 8. The molecule has 0 saturated heterocycles. The Balaban J connectivity index is 0.00000450. The van der Waals surface area contributed by atoms with E-state index in [1.807, 2.05) is 44.2 Å². The molecule has 2 N–H and O–H groups in total. The molecule has 2 rings (SSSR count). The van der Waals surface area contributed by atoms with Gasteiger partial charge in [-0.3, -0.25) is 4.99 Å². The Morgan fingerprint density at radius 3 is 2.37 bits per heavy atom. The molecule has 1 atom stereocenters. The fourth-order valence-electron chi connectivity index (χ4n) is 2.69. The summed E-state index contributed by atoms with van der Waals surface area (Å²) in [5.41, 5.74) is 1.76. The lowest BCUT2D eigenvalue weighted by Gasteiger charge is -2.19. The van der Waals surface area contributed by atoms with Gasteiger partial charge in [0, 0.05) is 27.7 Å². The Labute approximate surface area is 197 Å². The largest absolute Gasteiger partial charge is 0.489 e. The minimum absolute atomic E-state index is 0. The molecular weight excluding hydrogens is 515 g/mol. The van der Waals surface area contributed by atoms with Gasteiger partial charge in [-0.25, -0.2) is 12.7 Å². The van der Waals surface area contributed by atoms with Crippen molar-refractivity contribution in [2.45, 2.75) is 31.4 Å². The van der Waals surface area contributed by atoms with Crippen LogP contribution < -0.4 is 15.4 Å². The lowest BCUT2D eigenvalue weighted by atomic mass is 10.2. The maximum absolute atomic E-state index is 12.5. The number of guanidine groups is 1. The lowest BCUT2D eigenvalue weighted by Crippen LogP contribution is -2.41. The lowest BCUT2D eigenvalue weighted by molar-refractivity contribution is 0.222. The minimum Gasteiger partial charge on any atom is -0.489 e. The van der Waals surface area contributed by atoms with Crippen molar-refractivity contribution >= 4 is 40.0 Å². The average Bonchev–Trinajstić information content (AvgIpc) is 2.70. The molecular formula is C21H31IN4O3S. The topological polar surface area (TPSA) is 83.0 Å². The van der Waals surface area contributed by atoms with Crippen molar-refractivity contribution < 1.29 is 13.2 Å². The van der Waals surface area contributed by atoms with Crippen LogP contribution in [0.4, 0.5) is 0 Å². The van der Waals surface area contributed by atoms with E-state index in [0.717, 1.165) is 11.3 Å². The van der Waals surface area contributed by atoms with Crippen LogP contribution in [0.25, 0.3) is 0 Å². The van der Waals surface area contributed by atoms with Crippen molar-refractivity contribution in [3.05, 3.63) is 59.7 Å². The number of aryl methyl sites for hydroxylation is 1. The molecule has 0 radical (unpaired) electrons. The van der Waals surface area contributed by atoms with Gasteiger partial charge in [0.1, 0.15) is 11.9 Å². The SMILES string of the molecule is CN=C(NCc1ccccc1S(=O)(=O)N(C)C)NCC(C)Oc1ccccc1C.I. The molecule has 0 aliphatic heterocycles. The van der Waals surface area contributed by atoms with E-state index in [4.69, 9.17) is 4.74 Å². The highest BCUT2D eigenvalue weighted by Gasteiger charge is 2.20. The van der Waals surface area contributed by atoms with Crippen LogP contribution in [0, 0.1) is 6.92 Å². The Morgan fingerprint density at radius 2 is 1.73 bits per heavy atom. The molecule has 2 aromatic rings. The van der Waals surface area contributed by atoms with Crippen molar-refractivity contribution in [2.75, 3.05) is 27.7 Å². The predicted octanol–water partition coefficient (Wildman–Crippen LogP) is 3.00. The zero-order valence-corrected chi connectivity index (χ0v) is 21.2. The van der Waals surface area contributed by atoms with Gasteiger partial charge >= 0.3 is 0 Å². The number of para-hydroxylation sites is 1. The van der Waals surface area contributed by atoms with E-state index in [1.165, 1.54) is 18.4 Å². The van der Waals surface area contributed by atoms with Crippen molar-refractivity contribution in [3.8, 4) is 5.75 Å². The van der Waals surface area contributed by atoms with Crippen LogP contribution in [0.15, 0.2) is 58.4 Å². The summed E-state index contributed by atoms with van der Waals surface area (Å²) in [5, 5.41) is 6.38. The third kappa shape index (κ3) is 7.13. The highest BCUT2D eigenvalue weighted by atomic mass is 127. The third-order valence-corrected chi connectivity index (χ3v) is 6.30. The van der Waals surface area contributed by atoms with E-state index in [1.54, 1.807) is 25.2 Å². The highest BCUT2D eigenvalue weighted by Crippen LogP contribution is 2.19. The first-order valence-corrected chi connectivity index (χ1v) is 10.9. The number of aliphatic imine (C=N–C) groups is 1. The maximum atomic E-state index is 12.5. The first-order chi connectivity index (χ1) is 13.8. The van der Waals surface area contributed by atoms with Gasteiger partial charge in [-0.15, -0.1) is 24.0 Å². The van der Waals surface area contributed by atoms with Gasteiger partial charge in [-0.1, -0.05) is 36.4 Å². The van der Waals surface area contributed by atoms with Gasteiger partial charge in [0.05, 0.1) is 11.4 Å². The second-order valence-corrected chi connectivity index (χ2v) is 9.02. The summed E-state index contributed by atoms with van der Waals surface area (Å²) in [6, 6.07) is 14.8. The maximum Gasteiger partial charge on any atom is 0.242 e. The summed E-state index contributed by atoms with van der Waals surface area (Å²) in [6.07, 6.45) is -0.0731. The molecule has 0 heterocycles. The van der Waals surface area contributed by atoms with E-state index in [2.05, 4.69) is 15.6 Å². The monoisotopic (exact) mass is 546 g/mol. The molecule has 0 bridgehead atoms. The average molecular weight is 546 g/mol. The molecule has 0 saturated carbocycles. The molecule has 166 valence electrons. The number of hydrogen-bond donors (Lipinski definition) is 2. The molecule has 0 aliphatic rings. The standard InChI is InChI=1S/C21H30N4O3S.HI/c1-16-10-6-8-12-19(16)28-17(2)14-23-21(22-3)24-15-18-11-7-9-13-20(18)29(26,27)25(4)5;/h6-13,17H,14-15H2,1-5H3,(H2,22,23,24);1H. The molecule has 0 amide bonds. The molecule has 7 nitrogen and oxygen atoms in total. The smallest absolute Gasteiger partial charge is 0.242 e.